The Morgan fingerprint density at radius 2 is 1.70 bits per heavy atom. The van der Waals surface area contributed by atoms with Crippen molar-refractivity contribution in [3.8, 4) is 5.75 Å². The zero-order valence-corrected chi connectivity index (χ0v) is 16.8. The summed E-state index contributed by atoms with van der Waals surface area (Å²) >= 11 is 5.28. The quantitative estimate of drug-likeness (QED) is 0.334. The summed E-state index contributed by atoms with van der Waals surface area (Å²) < 4.78 is 20.9. The second-order valence-electron chi connectivity index (χ2n) is 6.65. The van der Waals surface area contributed by atoms with Gasteiger partial charge in [0.15, 0.2) is 5.82 Å². The number of aromatic nitrogens is 3. The SMILES string of the molecule is Fc1ccc(Cc2n[nH]c(=S)n2/N=C\c2ccc(OCc3ccccc3)cc2)cc1. The molecule has 0 bridgehead atoms. The van der Waals surface area contributed by atoms with Gasteiger partial charge >= 0.3 is 0 Å². The average Bonchev–Trinajstić information content (AvgIpc) is 3.13. The maximum Gasteiger partial charge on any atom is 0.216 e. The third kappa shape index (κ3) is 5.07. The summed E-state index contributed by atoms with van der Waals surface area (Å²) in [5, 5.41) is 11.4. The van der Waals surface area contributed by atoms with Gasteiger partial charge < -0.3 is 4.74 Å². The van der Waals surface area contributed by atoms with Crippen LogP contribution in [-0.2, 0) is 13.0 Å². The van der Waals surface area contributed by atoms with Crippen molar-refractivity contribution >= 4 is 18.4 Å². The lowest BCUT2D eigenvalue weighted by Gasteiger charge is -2.06. The van der Waals surface area contributed by atoms with Crippen molar-refractivity contribution in [2.24, 2.45) is 5.10 Å². The highest BCUT2D eigenvalue weighted by Crippen LogP contribution is 2.14. The topological polar surface area (TPSA) is 55.2 Å². The van der Waals surface area contributed by atoms with Gasteiger partial charge in [0.25, 0.3) is 0 Å². The first-order chi connectivity index (χ1) is 14.7. The second kappa shape index (κ2) is 9.28. The van der Waals surface area contributed by atoms with E-state index in [0.717, 1.165) is 22.4 Å². The van der Waals surface area contributed by atoms with E-state index in [1.54, 1.807) is 23.0 Å². The number of hydrogen-bond acceptors (Lipinski definition) is 4. The number of benzene rings is 3. The number of nitrogens with one attached hydrogen (secondary N) is 1. The van der Waals surface area contributed by atoms with E-state index in [1.807, 2.05) is 54.6 Å². The Labute approximate surface area is 178 Å². The Hall–Kier alpha value is -3.58. The summed E-state index contributed by atoms with van der Waals surface area (Å²) in [7, 11) is 0. The molecule has 0 amide bonds. The smallest absolute Gasteiger partial charge is 0.216 e. The molecule has 0 unspecified atom stereocenters. The highest BCUT2D eigenvalue weighted by molar-refractivity contribution is 7.71. The molecule has 0 radical (unpaired) electrons. The summed E-state index contributed by atoms with van der Waals surface area (Å²) in [5.41, 5.74) is 2.94. The third-order valence-corrected chi connectivity index (χ3v) is 4.71. The molecule has 0 aliphatic heterocycles. The normalized spacial score (nSPS) is 11.1. The Morgan fingerprint density at radius 1 is 0.967 bits per heavy atom. The molecule has 1 heterocycles. The van der Waals surface area contributed by atoms with Gasteiger partial charge in [0.2, 0.25) is 4.77 Å². The molecule has 4 aromatic rings. The van der Waals surface area contributed by atoms with E-state index >= 15 is 0 Å². The van der Waals surface area contributed by atoms with Crippen molar-refractivity contribution in [1.29, 1.82) is 0 Å². The van der Waals surface area contributed by atoms with Crippen LogP contribution in [0.2, 0.25) is 0 Å². The maximum atomic E-state index is 13.1. The van der Waals surface area contributed by atoms with Crippen molar-refractivity contribution < 1.29 is 9.13 Å². The van der Waals surface area contributed by atoms with Gasteiger partial charge in [-0.25, -0.2) is 4.39 Å². The minimum absolute atomic E-state index is 0.271. The van der Waals surface area contributed by atoms with Gasteiger partial charge in [-0.2, -0.15) is 14.9 Å². The van der Waals surface area contributed by atoms with Gasteiger partial charge in [0.05, 0.1) is 6.21 Å². The first-order valence-electron chi connectivity index (χ1n) is 9.39. The minimum Gasteiger partial charge on any atom is -0.489 e. The highest BCUT2D eigenvalue weighted by atomic mass is 32.1. The fourth-order valence-electron chi connectivity index (χ4n) is 2.86. The molecular weight excluding hydrogens is 399 g/mol. The van der Waals surface area contributed by atoms with Crippen molar-refractivity contribution in [1.82, 2.24) is 14.9 Å². The van der Waals surface area contributed by atoms with E-state index in [9.17, 15) is 4.39 Å². The number of nitrogens with zero attached hydrogens (tertiary/aromatic N) is 3. The number of aromatic amines is 1. The molecule has 0 saturated carbocycles. The third-order valence-electron chi connectivity index (χ3n) is 4.44. The zero-order valence-electron chi connectivity index (χ0n) is 16.0. The van der Waals surface area contributed by atoms with Crippen LogP contribution in [0.3, 0.4) is 0 Å². The number of halogens is 1. The van der Waals surface area contributed by atoms with Gasteiger partial charge in [0.1, 0.15) is 18.2 Å². The molecule has 5 nitrogen and oxygen atoms in total. The van der Waals surface area contributed by atoms with Crippen molar-refractivity contribution in [3.63, 3.8) is 0 Å². The van der Waals surface area contributed by atoms with Crippen LogP contribution < -0.4 is 4.74 Å². The van der Waals surface area contributed by atoms with E-state index in [1.165, 1.54) is 12.1 Å². The molecule has 1 N–H and O–H groups in total. The molecule has 0 fully saturated rings. The Morgan fingerprint density at radius 3 is 2.43 bits per heavy atom. The predicted octanol–water partition coefficient (Wildman–Crippen LogP) is 5.13. The van der Waals surface area contributed by atoms with Crippen LogP contribution in [0, 0.1) is 10.6 Å². The van der Waals surface area contributed by atoms with Crippen LogP contribution in [0.4, 0.5) is 4.39 Å². The standard InChI is InChI=1S/C23H19FN4OS/c24-20-10-6-17(7-11-20)14-22-26-27-23(30)28(22)25-15-18-8-12-21(13-9-18)29-16-19-4-2-1-3-5-19/h1-13,15H,14,16H2,(H,27,30)/b25-15-. The van der Waals surface area contributed by atoms with Crippen LogP contribution in [0.25, 0.3) is 0 Å². The highest BCUT2D eigenvalue weighted by Gasteiger charge is 2.06. The van der Waals surface area contributed by atoms with Crippen LogP contribution in [-0.4, -0.2) is 21.1 Å². The Kier molecular flexibility index (Phi) is 6.10. The fraction of sp³-hybridized carbons (Fsp3) is 0.0870. The Balaban J connectivity index is 1.43. The summed E-state index contributed by atoms with van der Waals surface area (Å²) in [6, 6.07) is 23.9. The first kappa shape index (κ1) is 19.7. The van der Waals surface area contributed by atoms with Gasteiger partial charge in [-0.15, -0.1) is 0 Å². The molecule has 30 heavy (non-hydrogen) atoms. The van der Waals surface area contributed by atoms with Crippen LogP contribution >= 0.6 is 12.2 Å². The molecule has 150 valence electrons. The monoisotopic (exact) mass is 418 g/mol. The summed E-state index contributed by atoms with van der Waals surface area (Å²) in [6.45, 7) is 0.519. The van der Waals surface area contributed by atoms with Gasteiger partial charge in [-0.05, 0) is 65.3 Å². The molecule has 1 aromatic heterocycles. The first-order valence-corrected chi connectivity index (χ1v) is 9.80. The maximum absolute atomic E-state index is 13.1. The van der Waals surface area contributed by atoms with Gasteiger partial charge in [-0.1, -0.05) is 42.5 Å². The van der Waals surface area contributed by atoms with Crippen LogP contribution in [0.5, 0.6) is 5.75 Å². The van der Waals surface area contributed by atoms with E-state index in [2.05, 4.69) is 15.3 Å². The van der Waals surface area contributed by atoms with E-state index in [0.29, 0.717) is 23.6 Å². The molecular formula is C23H19FN4OS. The lowest BCUT2D eigenvalue weighted by Crippen LogP contribution is -2.00. The molecule has 0 aliphatic carbocycles. The summed E-state index contributed by atoms with van der Waals surface area (Å²) in [4.78, 5) is 0. The Bertz CT molecular complexity index is 1180. The minimum atomic E-state index is -0.271. The molecule has 4 rings (SSSR count). The van der Waals surface area contributed by atoms with E-state index < -0.39 is 0 Å². The van der Waals surface area contributed by atoms with Crippen molar-refractivity contribution in [2.45, 2.75) is 13.0 Å². The molecule has 7 heteroatoms. The molecule has 0 aliphatic rings. The number of ether oxygens (including phenoxy) is 1. The van der Waals surface area contributed by atoms with E-state index in [4.69, 9.17) is 17.0 Å². The molecule has 0 saturated heterocycles. The fourth-order valence-corrected chi connectivity index (χ4v) is 3.06. The van der Waals surface area contributed by atoms with Crippen molar-refractivity contribution in [3.05, 3.63) is 112 Å². The lowest BCUT2D eigenvalue weighted by molar-refractivity contribution is 0.306. The van der Waals surface area contributed by atoms with Gasteiger partial charge in [-0.3, -0.25) is 5.10 Å². The lowest BCUT2D eigenvalue weighted by atomic mass is 10.1. The molecule has 3 aromatic carbocycles. The summed E-state index contributed by atoms with van der Waals surface area (Å²) in [6.07, 6.45) is 2.19. The largest absolute Gasteiger partial charge is 0.489 e. The number of rotatable bonds is 7. The average molecular weight is 418 g/mol. The molecule has 0 atom stereocenters. The number of hydrogen-bond donors (Lipinski definition) is 1. The van der Waals surface area contributed by atoms with Crippen molar-refractivity contribution in [2.75, 3.05) is 0 Å². The number of H-pyrrole nitrogens is 1. The second-order valence-corrected chi connectivity index (χ2v) is 7.03. The van der Waals surface area contributed by atoms with Crippen LogP contribution in [0.1, 0.15) is 22.5 Å². The zero-order chi connectivity index (χ0) is 20.8. The van der Waals surface area contributed by atoms with E-state index in [-0.39, 0.29) is 5.82 Å². The predicted molar refractivity (Wildman–Crippen MR) is 117 cm³/mol. The summed E-state index contributed by atoms with van der Waals surface area (Å²) in [5.74, 6) is 1.16. The molecule has 0 spiro atoms. The van der Waals surface area contributed by atoms with Crippen LogP contribution in [0.15, 0.2) is 84.0 Å². The van der Waals surface area contributed by atoms with Gasteiger partial charge in [0, 0.05) is 6.42 Å².